The SMILES string of the molecule is CN(C)CCCNC(=O)c1cc(NC(=O)c2ccc(Br)s2)cn1C. The van der Waals surface area contributed by atoms with E-state index in [1.54, 1.807) is 29.9 Å². The number of hydrogen-bond acceptors (Lipinski definition) is 4. The van der Waals surface area contributed by atoms with Crippen LogP contribution in [0.25, 0.3) is 0 Å². The summed E-state index contributed by atoms with van der Waals surface area (Å²) in [5, 5.41) is 5.71. The molecule has 0 aliphatic rings. The molecule has 0 radical (unpaired) electrons. The molecule has 0 saturated heterocycles. The van der Waals surface area contributed by atoms with Crippen molar-refractivity contribution >= 4 is 44.8 Å². The third-order valence-electron chi connectivity index (χ3n) is 3.36. The number of carbonyl (C=O) groups is 2. The van der Waals surface area contributed by atoms with Gasteiger partial charge < -0.3 is 20.1 Å². The number of nitrogens with one attached hydrogen (secondary N) is 2. The Labute approximate surface area is 154 Å². The van der Waals surface area contributed by atoms with Gasteiger partial charge in [-0.05, 0) is 61.2 Å². The Balaban J connectivity index is 1.94. The zero-order valence-corrected chi connectivity index (χ0v) is 16.3. The van der Waals surface area contributed by atoms with Crippen molar-refractivity contribution < 1.29 is 9.59 Å². The number of thiophene rings is 1. The number of halogens is 1. The highest BCUT2D eigenvalue weighted by Crippen LogP contribution is 2.23. The van der Waals surface area contributed by atoms with Gasteiger partial charge in [0, 0.05) is 19.8 Å². The number of aromatic nitrogens is 1. The lowest BCUT2D eigenvalue weighted by molar-refractivity contribution is 0.0943. The van der Waals surface area contributed by atoms with Gasteiger partial charge in [0.2, 0.25) is 0 Å². The van der Waals surface area contributed by atoms with Crippen LogP contribution in [-0.4, -0.2) is 48.5 Å². The molecule has 0 bridgehead atoms. The van der Waals surface area contributed by atoms with Crippen LogP contribution in [-0.2, 0) is 7.05 Å². The Kier molecular flexibility index (Phi) is 6.59. The van der Waals surface area contributed by atoms with Crippen LogP contribution in [0, 0.1) is 0 Å². The van der Waals surface area contributed by atoms with E-state index in [0.29, 0.717) is 22.8 Å². The molecule has 0 aliphatic carbocycles. The monoisotopic (exact) mass is 412 g/mol. The molecule has 0 saturated carbocycles. The number of anilines is 1. The Bertz CT molecular complexity index is 723. The van der Waals surface area contributed by atoms with E-state index in [4.69, 9.17) is 0 Å². The zero-order chi connectivity index (χ0) is 17.7. The Hall–Kier alpha value is -1.64. The molecule has 24 heavy (non-hydrogen) atoms. The molecule has 0 fully saturated rings. The van der Waals surface area contributed by atoms with E-state index in [2.05, 4.69) is 31.5 Å². The summed E-state index contributed by atoms with van der Waals surface area (Å²) in [5.41, 5.74) is 1.12. The van der Waals surface area contributed by atoms with E-state index < -0.39 is 0 Å². The third kappa shape index (κ3) is 5.19. The second kappa shape index (κ2) is 8.46. The molecule has 2 heterocycles. The number of nitrogens with zero attached hydrogens (tertiary/aromatic N) is 2. The Morgan fingerprint density at radius 3 is 2.67 bits per heavy atom. The number of carbonyl (C=O) groups excluding carboxylic acids is 2. The van der Waals surface area contributed by atoms with Crippen LogP contribution >= 0.6 is 27.3 Å². The van der Waals surface area contributed by atoms with Gasteiger partial charge in [-0.15, -0.1) is 11.3 Å². The van der Waals surface area contributed by atoms with E-state index in [0.717, 1.165) is 16.8 Å². The Morgan fingerprint density at radius 1 is 1.29 bits per heavy atom. The largest absolute Gasteiger partial charge is 0.351 e. The van der Waals surface area contributed by atoms with Crippen molar-refractivity contribution in [2.24, 2.45) is 7.05 Å². The average molecular weight is 413 g/mol. The minimum Gasteiger partial charge on any atom is -0.351 e. The number of hydrogen-bond donors (Lipinski definition) is 2. The van der Waals surface area contributed by atoms with E-state index >= 15 is 0 Å². The number of amides is 2. The molecule has 6 nitrogen and oxygen atoms in total. The molecular weight excluding hydrogens is 392 g/mol. The maximum absolute atomic E-state index is 12.2. The molecule has 0 aliphatic heterocycles. The van der Waals surface area contributed by atoms with Gasteiger partial charge in [0.15, 0.2) is 0 Å². The van der Waals surface area contributed by atoms with E-state index in [1.165, 1.54) is 11.3 Å². The van der Waals surface area contributed by atoms with Crippen LogP contribution in [0.1, 0.15) is 26.6 Å². The average Bonchev–Trinajstić information content (AvgIpc) is 3.09. The van der Waals surface area contributed by atoms with E-state index in [-0.39, 0.29) is 11.8 Å². The van der Waals surface area contributed by atoms with Gasteiger partial charge in [-0.25, -0.2) is 0 Å². The highest BCUT2D eigenvalue weighted by molar-refractivity contribution is 9.11. The van der Waals surface area contributed by atoms with Crippen molar-refractivity contribution in [3.05, 3.63) is 38.8 Å². The number of aryl methyl sites for hydroxylation is 1. The predicted octanol–water partition coefficient (Wildman–Crippen LogP) is 2.78. The molecule has 130 valence electrons. The fourth-order valence-electron chi connectivity index (χ4n) is 2.18. The first-order valence-corrected chi connectivity index (χ1v) is 9.13. The quantitative estimate of drug-likeness (QED) is 0.687. The molecule has 2 rings (SSSR count). The van der Waals surface area contributed by atoms with Crippen LogP contribution in [0.5, 0.6) is 0 Å². The molecule has 8 heteroatoms. The van der Waals surface area contributed by atoms with Crippen LogP contribution in [0.3, 0.4) is 0 Å². The van der Waals surface area contributed by atoms with Gasteiger partial charge in [-0.1, -0.05) is 0 Å². The van der Waals surface area contributed by atoms with Gasteiger partial charge >= 0.3 is 0 Å². The molecule has 0 atom stereocenters. The second-order valence-corrected chi connectivity index (χ2v) is 8.16. The molecule has 0 spiro atoms. The lowest BCUT2D eigenvalue weighted by Gasteiger charge is -2.10. The fourth-order valence-corrected chi connectivity index (χ4v) is 3.46. The van der Waals surface area contributed by atoms with Crippen LogP contribution in [0.2, 0.25) is 0 Å². The van der Waals surface area contributed by atoms with Gasteiger partial charge in [-0.2, -0.15) is 0 Å². The molecule has 2 aromatic heterocycles. The predicted molar refractivity (Wildman–Crippen MR) is 101 cm³/mol. The molecule has 2 N–H and O–H groups in total. The standard InChI is InChI=1S/C16H21BrN4O2S/c1-20(2)8-4-7-18-15(22)12-9-11(10-21(12)3)19-16(23)13-5-6-14(17)24-13/h5-6,9-10H,4,7-8H2,1-3H3,(H,18,22)(H,19,23). The first kappa shape index (κ1) is 18.7. The van der Waals surface area contributed by atoms with Crippen molar-refractivity contribution in [2.45, 2.75) is 6.42 Å². The summed E-state index contributed by atoms with van der Waals surface area (Å²) < 4.78 is 2.61. The van der Waals surface area contributed by atoms with Gasteiger partial charge in [0.25, 0.3) is 11.8 Å². The summed E-state index contributed by atoms with van der Waals surface area (Å²) >= 11 is 4.70. The van der Waals surface area contributed by atoms with Crippen LogP contribution in [0.4, 0.5) is 5.69 Å². The lowest BCUT2D eigenvalue weighted by Crippen LogP contribution is -2.28. The zero-order valence-electron chi connectivity index (χ0n) is 13.9. The molecule has 0 unspecified atom stereocenters. The minimum absolute atomic E-state index is 0.143. The maximum Gasteiger partial charge on any atom is 0.267 e. The van der Waals surface area contributed by atoms with Gasteiger partial charge in [0.05, 0.1) is 14.4 Å². The van der Waals surface area contributed by atoms with Crippen LogP contribution in [0.15, 0.2) is 28.2 Å². The summed E-state index contributed by atoms with van der Waals surface area (Å²) in [6.45, 7) is 1.54. The van der Waals surface area contributed by atoms with Crippen molar-refractivity contribution in [1.29, 1.82) is 0 Å². The highest BCUT2D eigenvalue weighted by atomic mass is 79.9. The third-order valence-corrected chi connectivity index (χ3v) is 4.98. The molecule has 0 aromatic carbocycles. The summed E-state index contributed by atoms with van der Waals surface area (Å²) in [7, 11) is 5.78. The summed E-state index contributed by atoms with van der Waals surface area (Å²) in [5.74, 6) is -0.329. The molecule has 2 amide bonds. The smallest absolute Gasteiger partial charge is 0.267 e. The lowest BCUT2D eigenvalue weighted by atomic mass is 10.3. The van der Waals surface area contributed by atoms with Crippen LogP contribution < -0.4 is 10.6 Å². The van der Waals surface area contributed by atoms with Crippen molar-refractivity contribution in [3.63, 3.8) is 0 Å². The van der Waals surface area contributed by atoms with Crippen molar-refractivity contribution in [3.8, 4) is 0 Å². The van der Waals surface area contributed by atoms with Crippen molar-refractivity contribution in [1.82, 2.24) is 14.8 Å². The first-order valence-electron chi connectivity index (χ1n) is 7.53. The highest BCUT2D eigenvalue weighted by Gasteiger charge is 2.14. The topological polar surface area (TPSA) is 66.4 Å². The summed E-state index contributed by atoms with van der Waals surface area (Å²) in [6.07, 6.45) is 2.62. The minimum atomic E-state index is -0.186. The molecule has 2 aromatic rings. The van der Waals surface area contributed by atoms with Gasteiger partial charge in [-0.3, -0.25) is 9.59 Å². The van der Waals surface area contributed by atoms with Crippen molar-refractivity contribution in [2.75, 3.05) is 32.5 Å². The normalized spacial score (nSPS) is 10.9. The summed E-state index contributed by atoms with van der Waals surface area (Å²) in [6, 6.07) is 5.27. The van der Waals surface area contributed by atoms with E-state index in [9.17, 15) is 9.59 Å². The van der Waals surface area contributed by atoms with Gasteiger partial charge in [0.1, 0.15) is 5.69 Å². The fraction of sp³-hybridized carbons (Fsp3) is 0.375. The second-order valence-electron chi connectivity index (χ2n) is 5.70. The summed E-state index contributed by atoms with van der Waals surface area (Å²) in [4.78, 5) is 27.1. The first-order chi connectivity index (χ1) is 11.4. The van der Waals surface area contributed by atoms with E-state index in [1.807, 2.05) is 20.2 Å². The molecular formula is C16H21BrN4O2S. The number of rotatable bonds is 7. The Morgan fingerprint density at radius 2 is 2.04 bits per heavy atom. The maximum atomic E-state index is 12.2.